The van der Waals surface area contributed by atoms with Crippen molar-refractivity contribution in [2.75, 3.05) is 25.1 Å². The van der Waals surface area contributed by atoms with Crippen LogP contribution in [0, 0.1) is 17.6 Å². The standard InChI is InChI=1S/C13H15BrF2N2O2/c1-2-17-12-6-20-5-7(12)13(19)18-11-4-9(15)8(14)3-10(11)16/h3-4,7,12,17H,2,5-6H2,1H3,(H,18,19). The molecule has 0 spiro atoms. The fourth-order valence-corrected chi connectivity index (χ4v) is 2.44. The Morgan fingerprint density at radius 1 is 1.40 bits per heavy atom. The van der Waals surface area contributed by atoms with Gasteiger partial charge in [-0.15, -0.1) is 0 Å². The van der Waals surface area contributed by atoms with E-state index >= 15 is 0 Å². The average Bonchev–Trinajstić information content (AvgIpc) is 2.84. The predicted molar refractivity (Wildman–Crippen MR) is 74.5 cm³/mol. The second-order valence-corrected chi connectivity index (χ2v) is 5.40. The Bertz CT molecular complexity index is 513. The van der Waals surface area contributed by atoms with Crippen LogP contribution in [0.1, 0.15) is 6.92 Å². The molecule has 0 bridgehead atoms. The fourth-order valence-electron chi connectivity index (χ4n) is 2.12. The molecule has 0 radical (unpaired) electrons. The monoisotopic (exact) mass is 348 g/mol. The summed E-state index contributed by atoms with van der Waals surface area (Å²) in [6.45, 7) is 3.34. The highest BCUT2D eigenvalue weighted by molar-refractivity contribution is 9.10. The first kappa shape index (κ1) is 15.3. The lowest BCUT2D eigenvalue weighted by atomic mass is 10.0. The third kappa shape index (κ3) is 3.34. The summed E-state index contributed by atoms with van der Waals surface area (Å²) in [6, 6.07) is 1.83. The Kier molecular flexibility index (Phi) is 5.06. The molecule has 0 aliphatic carbocycles. The Hall–Kier alpha value is -1.05. The Morgan fingerprint density at radius 2 is 2.15 bits per heavy atom. The first-order valence-electron chi connectivity index (χ1n) is 6.29. The van der Waals surface area contributed by atoms with E-state index in [0.717, 1.165) is 12.1 Å². The Labute approximate surface area is 124 Å². The molecule has 4 nitrogen and oxygen atoms in total. The van der Waals surface area contributed by atoms with E-state index in [9.17, 15) is 13.6 Å². The molecule has 0 aromatic heterocycles. The van der Waals surface area contributed by atoms with Gasteiger partial charge >= 0.3 is 0 Å². The van der Waals surface area contributed by atoms with E-state index in [1.807, 2.05) is 6.92 Å². The van der Waals surface area contributed by atoms with Crippen LogP contribution in [0.2, 0.25) is 0 Å². The lowest BCUT2D eigenvalue weighted by Crippen LogP contribution is -2.41. The number of benzene rings is 1. The number of anilines is 1. The number of hydrogen-bond acceptors (Lipinski definition) is 3. The summed E-state index contributed by atoms with van der Waals surface area (Å²) in [5.74, 6) is -2.12. The zero-order valence-corrected chi connectivity index (χ0v) is 12.5. The summed E-state index contributed by atoms with van der Waals surface area (Å²) in [5.41, 5.74) is -0.169. The van der Waals surface area contributed by atoms with Crippen LogP contribution >= 0.6 is 15.9 Å². The number of hydrogen-bond donors (Lipinski definition) is 2. The highest BCUT2D eigenvalue weighted by atomic mass is 79.9. The summed E-state index contributed by atoms with van der Waals surface area (Å²) in [6.07, 6.45) is 0. The topological polar surface area (TPSA) is 50.4 Å². The van der Waals surface area contributed by atoms with Gasteiger partial charge in [0.05, 0.1) is 29.3 Å². The molecule has 2 N–H and O–H groups in total. The van der Waals surface area contributed by atoms with Crippen LogP contribution in [0.5, 0.6) is 0 Å². The van der Waals surface area contributed by atoms with Crippen LogP contribution in [-0.2, 0) is 9.53 Å². The van der Waals surface area contributed by atoms with Gasteiger partial charge in [-0.2, -0.15) is 0 Å². The molecule has 2 unspecified atom stereocenters. The summed E-state index contributed by atoms with van der Waals surface area (Å²) in [7, 11) is 0. The molecule has 1 saturated heterocycles. The van der Waals surface area contributed by atoms with Crippen molar-refractivity contribution in [3.8, 4) is 0 Å². The summed E-state index contributed by atoms with van der Waals surface area (Å²) in [4.78, 5) is 12.1. The number of halogens is 3. The number of likely N-dealkylation sites (N-methyl/N-ethyl adjacent to an activating group) is 1. The average molecular weight is 349 g/mol. The number of carbonyl (C=O) groups is 1. The number of amides is 1. The van der Waals surface area contributed by atoms with Crippen LogP contribution in [0.25, 0.3) is 0 Å². The smallest absolute Gasteiger partial charge is 0.231 e. The van der Waals surface area contributed by atoms with Crippen LogP contribution in [0.15, 0.2) is 16.6 Å². The molecule has 7 heteroatoms. The van der Waals surface area contributed by atoms with Crippen LogP contribution in [0.3, 0.4) is 0 Å². The number of nitrogens with one attached hydrogen (secondary N) is 2. The third-order valence-electron chi connectivity index (χ3n) is 3.15. The second kappa shape index (κ2) is 6.60. The number of carbonyl (C=O) groups excluding carboxylic acids is 1. The molecular weight excluding hydrogens is 334 g/mol. The van der Waals surface area contributed by atoms with E-state index in [-0.39, 0.29) is 28.7 Å². The molecule has 110 valence electrons. The fraction of sp³-hybridized carbons (Fsp3) is 0.462. The van der Waals surface area contributed by atoms with Gasteiger partial charge in [-0.25, -0.2) is 8.78 Å². The number of rotatable bonds is 4. The quantitative estimate of drug-likeness (QED) is 0.821. The molecule has 1 aliphatic heterocycles. The van der Waals surface area contributed by atoms with Gasteiger partial charge in [-0.05, 0) is 28.5 Å². The molecular formula is C13H15BrF2N2O2. The minimum Gasteiger partial charge on any atom is -0.379 e. The third-order valence-corrected chi connectivity index (χ3v) is 3.76. The summed E-state index contributed by atoms with van der Waals surface area (Å²) < 4.78 is 32.3. The van der Waals surface area contributed by atoms with Crippen molar-refractivity contribution in [2.24, 2.45) is 5.92 Å². The van der Waals surface area contributed by atoms with Gasteiger partial charge in [-0.3, -0.25) is 4.79 Å². The van der Waals surface area contributed by atoms with Crippen LogP contribution < -0.4 is 10.6 Å². The Balaban J connectivity index is 2.09. The second-order valence-electron chi connectivity index (χ2n) is 4.54. The van der Waals surface area contributed by atoms with E-state index in [4.69, 9.17) is 4.74 Å². The zero-order valence-electron chi connectivity index (χ0n) is 10.9. The van der Waals surface area contributed by atoms with Gasteiger partial charge in [0.2, 0.25) is 5.91 Å². The first-order valence-corrected chi connectivity index (χ1v) is 7.08. The minimum absolute atomic E-state index is 0.0164. The van der Waals surface area contributed by atoms with Crippen LogP contribution in [-0.4, -0.2) is 31.7 Å². The number of ether oxygens (including phenoxy) is 1. The van der Waals surface area contributed by atoms with Crippen molar-refractivity contribution in [3.05, 3.63) is 28.2 Å². The lowest BCUT2D eigenvalue weighted by Gasteiger charge is -2.18. The molecule has 20 heavy (non-hydrogen) atoms. The molecule has 2 atom stereocenters. The molecule has 1 heterocycles. The maximum absolute atomic E-state index is 13.7. The van der Waals surface area contributed by atoms with E-state index in [0.29, 0.717) is 13.2 Å². The molecule has 1 aromatic carbocycles. The molecule has 1 aromatic rings. The molecule has 1 aliphatic rings. The van der Waals surface area contributed by atoms with E-state index in [1.165, 1.54) is 0 Å². The van der Waals surface area contributed by atoms with Crippen molar-refractivity contribution in [1.29, 1.82) is 0 Å². The molecule has 1 fully saturated rings. The summed E-state index contributed by atoms with van der Waals surface area (Å²) >= 11 is 2.89. The molecule has 1 amide bonds. The summed E-state index contributed by atoms with van der Waals surface area (Å²) in [5, 5.41) is 5.55. The molecule has 0 saturated carbocycles. The van der Waals surface area contributed by atoms with Gasteiger partial charge in [-0.1, -0.05) is 6.92 Å². The largest absolute Gasteiger partial charge is 0.379 e. The van der Waals surface area contributed by atoms with Crippen molar-refractivity contribution < 1.29 is 18.3 Å². The van der Waals surface area contributed by atoms with Crippen molar-refractivity contribution in [3.63, 3.8) is 0 Å². The zero-order chi connectivity index (χ0) is 14.7. The van der Waals surface area contributed by atoms with Crippen LogP contribution in [0.4, 0.5) is 14.5 Å². The molecule has 2 rings (SSSR count). The van der Waals surface area contributed by atoms with Crippen molar-refractivity contribution in [2.45, 2.75) is 13.0 Å². The maximum Gasteiger partial charge on any atom is 0.231 e. The van der Waals surface area contributed by atoms with Gasteiger partial charge in [0.25, 0.3) is 0 Å². The van der Waals surface area contributed by atoms with Crippen molar-refractivity contribution >= 4 is 27.5 Å². The normalized spacial score (nSPS) is 22.0. The minimum atomic E-state index is -0.689. The van der Waals surface area contributed by atoms with E-state index in [2.05, 4.69) is 26.6 Å². The van der Waals surface area contributed by atoms with Gasteiger partial charge < -0.3 is 15.4 Å². The lowest BCUT2D eigenvalue weighted by molar-refractivity contribution is -0.120. The first-order chi connectivity index (χ1) is 9.52. The highest BCUT2D eigenvalue weighted by Gasteiger charge is 2.33. The highest BCUT2D eigenvalue weighted by Crippen LogP contribution is 2.24. The van der Waals surface area contributed by atoms with Crippen molar-refractivity contribution in [1.82, 2.24) is 5.32 Å². The Morgan fingerprint density at radius 3 is 2.85 bits per heavy atom. The van der Waals surface area contributed by atoms with E-state index in [1.54, 1.807) is 0 Å². The maximum atomic E-state index is 13.7. The van der Waals surface area contributed by atoms with E-state index < -0.39 is 17.6 Å². The SMILES string of the molecule is CCNC1COCC1C(=O)Nc1cc(F)c(Br)cc1F. The van der Waals surface area contributed by atoms with Gasteiger partial charge in [0, 0.05) is 12.1 Å². The predicted octanol–water partition coefficient (Wildman–Crippen LogP) is 2.29. The van der Waals surface area contributed by atoms with Gasteiger partial charge in [0.1, 0.15) is 11.6 Å². The van der Waals surface area contributed by atoms with Gasteiger partial charge in [0.15, 0.2) is 0 Å².